The van der Waals surface area contributed by atoms with E-state index in [0.29, 0.717) is 18.5 Å². The Bertz CT molecular complexity index is 577. The molecule has 0 unspecified atom stereocenters. The molecule has 0 spiro atoms. The SMILES string of the molecule is CC1CC(=O)N(c2cccc(C=CC(=O)O)n2)C(=O)C1. The van der Waals surface area contributed by atoms with Gasteiger partial charge in [-0.25, -0.2) is 14.7 Å². The number of carbonyl (C=O) groups excluding carboxylic acids is 2. The van der Waals surface area contributed by atoms with E-state index >= 15 is 0 Å². The number of carbonyl (C=O) groups is 3. The number of aromatic nitrogens is 1. The average molecular weight is 274 g/mol. The summed E-state index contributed by atoms with van der Waals surface area (Å²) in [6.45, 7) is 1.85. The molecule has 1 saturated heterocycles. The van der Waals surface area contributed by atoms with Gasteiger partial charge in [0.25, 0.3) is 0 Å². The molecular formula is C14H14N2O4. The predicted octanol–water partition coefficient (Wildman–Crippen LogP) is 1.47. The third kappa shape index (κ3) is 3.09. The molecule has 2 amide bonds. The van der Waals surface area contributed by atoms with Crippen molar-refractivity contribution < 1.29 is 19.5 Å². The van der Waals surface area contributed by atoms with Crippen molar-refractivity contribution in [3.63, 3.8) is 0 Å². The Morgan fingerprint density at radius 1 is 1.35 bits per heavy atom. The predicted molar refractivity (Wildman–Crippen MR) is 71.8 cm³/mol. The number of hydrogen-bond acceptors (Lipinski definition) is 4. The smallest absolute Gasteiger partial charge is 0.328 e. The van der Waals surface area contributed by atoms with Crippen LogP contribution in [-0.2, 0) is 14.4 Å². The number of anilines is 1. The van der Waals surface area contributed by atoms with Gasteiger partial charge < -0.3 is 5.11 Å². The van der Waals surface area contributed by atoms with Crippen molar-refractivity contribution in [3.05, 3.63) is 30.0 Å². The molecule has 2 heterocycles. The lowest BCUT2D eigenvalue weighted by Crippen LogP contribution is -2.43. The number of pyridine rings is 1. The van der Waals surface area contributed by atoms with Gasteiger partial charge in [0.15, 0.2) is 0 Å². The monoisotopic (exact) mass is 274 g/mol. The van der Waals surface area contributed by atoms with Gasteiger partial charge in [-0.2, -0.15) is 0 Å². The molecule has 1 fully saturated rings. The minimum atomic E-state index is -1.09. The Balaban J connectivity index is 2.28. The molecule has 6 nitrogen and oxygen atoms in total. The molecule has 1 aliphatic rings. The number of nitrogens with zero attached hydrogens (tertiary/aromatic N) is 2. The Labute approximate surface area is 115 Å². The van der Waals surface area contributed by atoms with Crippen molar-refractivity contribution in [2.75, 3.05) is 4.90 Å². The van der Waals surface area contributed by atoms with Crippen LogP contribution in [0.5, 0.6) is 0 Å². The molecule has 1 N–H and O–H groups in total. The van der Waals surface area contributed by atoms with Gasteiger partial charge in [-0.05, 0) is 24.1 Å². The number of piperidine rings is 1. The summed E-state index contributed by atoms with van der Waals surface area (Å²) < 4.78 is 0. The van der Waals surface area contributed by atoms with Crippen LogP contribution in [0.1, 0.15) is 25.5 Å². The molecule has 0 saturated carbocycles. The Morgan fingerprint density at radius 3 is 2.60 bits per heavy atom. The van der Waals surface area contributed by atoms with Crippen LogP contribution in [0, 0.1) is 5.92 Å². The maximum absolute atomic E-state index is 11.9. The van der Waals surface area contributed by atoms with Crippen molar-refractivity contribution in [1.29, 1.82) is 0 Å². The minimum Gasteiger partial charge on any atom is -0.478 e. The fourth-order valence-corrected chi connectivity index (χ4v) is 2.06. The molecule has 20 heavy (non-hydrogen) atoms. The molecule has 104 valence electrons. The fourth-order valence-electron chi connectivity index (χ4n) is 2.06. The van der Waals surface area contributed by atoms with Crippen LogP contribution in [0.4, 0.5) is 5.82 Å². The molecule has 1 aromatic heterocycles. The van der Waals surface area contributed by atoms with Crippen LogP contribution < -0.4 is 4.90 Å². The second-order valence-corrected chi connectivity index (χ2v) is 4.73. The largest absolute Gasteiger partial charge is 0.478 e. The van der Waals surface area contributed by atoms with Crippen LogP contribution >= 0.6 is 0 Å². The van der Waals surface area contributed by atoms with Gasteiger partial charge in [-0.15, -0.1) is 0 Å². The first-order valence-electron chi connectivity index (χ1n) is 6.21. The highest BCUT2D eigenvalue weighted by Crippen LogP contribution is 2.23. The molecule has 0 atom stereocenters. The van der Waals surface area contributed by atoms with Crippen LogP contribution in [0.2, 0.25) is 0 Å². The third-order valence-corrected chi connectivity index (χ3v) is 2.93. The molecule has 0 aromatic carbocycles. The topological polar surface area (TPSA) is 87.6 Å². The summed E-state index contributed by atoms with van der Waals surface area (Å²) in [5.41, 5.74) is 0.379. The van der Waals surface area contributed by atoms with Crippen molar-refractivity contribution >= 4 is 29.7 Å². The van der Waals surface area contributed by atoms with Crippen LogP contribution in [0.25, 0.3) is 6.08 Å². The summed E-state index contributed by atoms with van der Waals surface area (Å²) in [6.07, 6.45) is 2.88. The van der Waals surface area contributed by atoms with Gasteiger partial charge in [0, 0.05) is 18.9 Å². The Hall–Kier alpha value is -2.50. The van der Waals surface area contributed by atoms with Crippen molar-refractivity contribution in [2.24, 2.45) is 5.92 Å². The molecule has 6 heteroatoms. The zero-order valence-electron chi connectivity index (χ0n) is 10.9. The summed E-state index contributed by atoms with van der Waals surface area (Å²) in [7, 11) is 0. The highest BCUT2D eigenvalue weighted by molar-refractivity contribution is 6.16. The normalized spacial score (nSPS) is 16.9. The maximum atomic E-state index is 11.9. The standard InChI is InChI=1S/C14H14N2O4/c1-9-7-12(17)16(13(18)8-9)11-4-2-3-10(15-11)5-6-14(19)20/h2-6,9H,7-8H2,1H3,(H,19,20). The molecule has 1 aromatic rings. The maximum Gasteiger partial charge on any atom is 0.328 e. The lowest BCUT2D eigenvalue weighted by Gasteiger charge is -2.27. The first-order valence-corrected chi connectivity index (χ1v) is 6.21. The summed E-state index contributed by atoms with van der Waals surface area (Å²) in [5.74, 6) is -1.36. The van der Waals surface area contributed by atoms with Gasteiger partial charge in [0.05, 0.1) is 5.69 Å². The van der Waals surface area contributed by atoms with E-state index in [2.05, 4.69) is 4.98 Å². The molecule has 0 radical (unpaired) electrons. The summed E-state index contributed by atoms with van der Waals surface area (Å²) in [4.78, 5) is 39.6. The Morgan fingerprint density at radius 2 is 2.00 bits per heavy atom. The first kappa shape index (κ1) is 13.9. The number of amides is 2. The number of carboxylic acid groups (broad SMARTS) is 1. The van der Waals surface area contributed by atoms with Crippen LogP contribution in [-0.4, -0.2) is 27.9 Å². The number of imide groups is 1. The van der Waals surface area contributed by atoms with Gasteiger partial charge in [-0.1, -0.05) is 13.0 Å². The summed E-state index contributed by atoms with van der Waals surface area (Å²) in [6, 6.07) is 4.79. The van der Waals surface area contributed by atoms with Gasteiger partial charge in [0.2, 0.25) is 11.8 Å². The van der Waals surface area contributed by atoms with E-state index in [1.54, 1.807) is 18.2 Å². The van der Waals surface area contributed by atoms with E-state index in [4.69, 9.17) is 5.11 Å². The number of hydrogen-bond donors (Lipinski definition) is 1. The van der Waals surface area contributed by atoms with Gasteiger partial charge in [0.1, 0.15) is 5.82 Å². The highest BCUT2D eigenvalue weighted by Gasteiger charge is 2.32. The molecular weight excluding hydrogens is 260 g/mol. The van der Waals surface area contributed by atoms with E-state index < -0.39 is 5.97 Å². The zero-order valence-corrected chi connectivity index (χ0v) is 10.9. The van der Waals surface area contributed by atoms with Crippen molar-refractivity contribution in [2.45, 2.75) is 19.8 Å². The first-order chi connectivity index (χ1) is 9.47. The fraction of sp³-hybridized carbons (Fsp3) is 0.286. The second kappa shape index (κ2) is 5.64. The number of rotatable bonds is 3. The molecule has 0 aliphatic carbocycles. The lowest BCUT2D eigenvalue weighted by molar-refractivity contribution is -0.132. The van der Waals surface area contributed by atoms with Crippen molar-refractivity contribution in [1.82, 2.24) is 4.98 Å². The minimum absolute atomic E-state index is 0.0429. The third-order valence-electron chi connectivity index (χ3n) is 2.93. The van der Waals surface area contributed by atoms with E-state index in [0.717, 1.165) is 11.0 Å². The number of aliphatic carboxylic acids is 1. The number of carboxylic acids is 1. The average Bonchev–Trinajstić information content (AvgIpc) is 2.35. The summed E-state index contributed by atoms with van der Waals surface area (Å²) >= 11 is 0. The van der Waals surface area contributed by atoms with E-state index in [9.17, 15) is 14.4 Å². The molecule has 1 aliphatic heterocycles. The lowest BCUT2D eigenvalue weighted by atomic mass is 9.98. The van der Waals surface area contributed by atoms with Crippen LogP contribution in [0.3, 0.4) is 0 Å². The molecule has 0 bridgehead atoms. The summed E-state index contributed by atoms with van der Waals surface area (Å²) in [5, 5.41) is 8.57. The zero-order chi connectivity index (χ0) is 14.7. The molecule has 2 rings (SSSR count). The van der Waals surface area contributed by atoms with E-state index in [-0.39, 0.29) is 23.6 Å². The van der Waals surface area contributed by atoms with Crippen molar-refractivity contribution in [3.8, 4) is 0 Å². The second-order valence-electron chi connectivity index (χ2n) is 4.73. The van der Waals surface area contributed by atoms with Crippen LogP contribution in [0.15, 0.2) is 24.3 Å². The highest BCUT2D eigenvalue weighted by atomic mass is 16.4. The Kier molecular flexibility index (Phi) is 3.93. The van der Waals surface area contributed by atoms with E-state index in [1.807, 2.05) is 6.92 Å². The van der Waals surface area contributed by atoms with Gasteiger partial charge in [-0.3, -0.25) is 9.59 Å². The van der Waals surface area contributed by atoms with Gasteiger partial charge >= 0.3 is 5.97 Å². The quantitative estimate of drug-likeness (QED) is 0.666. The van der Waals surface area contributed by atoms with E-state index in [1.165, 1.54) is 6.08 Å².